The smallest absolute Gasteiger partial charge is 0.313 e. The van der Waals surface area contributed by atoms with E-state index in [1.54, 1.807) is 6.20 Å². The number of nitrogens with zero attached hydrogens (tertiary/aromatic N) is 2. The predicted molar refractivity (Wildman–Crippen MR) is 64.6 cm³/mol. The molecule has 0 aromatic carbocycles. The normalized spacial score (nSPS) is 13.0. The largest absolute Gasteiger partial charge is 0.481 e. The topological polar surface area (TPSA) is 55.1 Å². The molecule has 1 atom stereocenters. The summed E-state index contributed by atoms with van der Waals surface area (Å²) in [5.74, 6) is 0.419. The standard InChI is InChI=1S/C11H18N2O2S/c1-8(2)9(3)6-13-5-4-12-11(13)16-7-10(14)15/h4-5,8-9H,6-7H2,1-3H3,(H,14,15). The van der Waals surface area contributed by atoms with Crippen LogP contribution in [0.15, 0.2) is 17.6 Å². The Bertz CT molecular complexity index is 350. The molecule has 0 radical (unpaired) electrons. The number of imidazole rings is 1. The van der Waals surface area contributed by atoms with Crippen LogP contribution in [0.4, 0.5) is 0 Å². The maximum absolute atomic E-state index is 10.5. The Hall–Kier alpha value is -0.970. The average molecular weight is 242 g/mol. The van der Waals surface area contributed by atoms with E-state index in [1.807, 2.05) is 10.8 Å². The van der Waals surface area contributed by atoms with Gasteiger partial charge < -0.3 is 9.67 Å². The van der Waals surface area contributed by atoms with Crippen LogP contribution in [0.1, 0.15) is 20.8 Å². The summed E-state index contributed by atoms with van der Waals surface area (Å²) >= 11 is 1.27. The number of aliphatic carboxylic acids is 1. The third kappa shape index (κ3) is 3.89. The van der Waals surface area contributed by atoms with Gasteiger partial charge in [-0.05, 0) is 11.8 Å². The molecule has 1 unspecified atom stereocenters. The van der Waals surface area contributed by atoms with E-state index < -0.39 is 5.97 Å². The summed E-state index contributed by atoms with van der Waals surface area (Å²) in [5, 5.41) is 9.40. The quantitative estimate of drug-likeness (QED) is 0.778. The number of rotatable bonds is 6. The van der Waals surface area contributed by atoms with Crippen molar-refractivity contribution >= 4 is 17.7 Å². The Morgan fingerprint density at radius 3 is 2.81 bits per heavy atom. The van der Waals surface area contributed by atoms with Crippen molar-refractivity contribution in [1.29, 1.82) is 0 Å². The molecule has 0 saturated heterocycles. The molecule has 1 aromatic rings. The van der Waals surface area contributed by atoms with Gasteiger partial charge in [-0.15, -0.1) is 0 Å². The second kappa shape index (κ2) is 5.94. The number of thioether (sulfide) groups is 1. The Morgan fingerprint density at radius 1 is 1.56 bits per heavy atom. The lowest BCUT2D eigenvalue weighted by Gasteiger charge is -2.17. The van der Waals surface area contributed by atoms with E-state index in [0.29, 0.717) is 11.8 Å². The number of carboxylic acids is 1. The van der Waals surface area contributed by atoms with Gasteiger partial charge in [0.15, 0.2) is 5.16 Å². The zero-order valence-corrected chi connectivity index (χ0v) is 10.7. The summed E-state index contributed by atoms with van der Waals surface area (Å²) in [5.41, 5.74) is 0. The van der Waals surface area contributed by atoms with E-state index in [0.717, 1.165) is 11.7 Å². The van der Waals surface area contributed by atoms with Crippen molar-refractivity contribution in [3.8, 4) is 0 Å². The Labute approximate surface area is 100 Å². The highest BCUT2D eigenvalue weighted by Crippen LogP contribution is 2.19. The summed E-state index contributed by atoms with van der Waals surface area (Å²) in [7, 11) is 0. The van der Waals surface area contributed by atoms with Gasteiger partial charge in [-0.3, -0.25) is 4.79 Å². The van der Waals surface area contributed by atoms with Gasteiger partial charge in [-0.25, -0.2) is 4.98 Å². The number of hydrogen-bond donors (Lipinski definition) is 1. The van der Waals surface area contributed by atoms with Crippen molar-refractivity contribution in [1.82, 2.24) is 9.55 Å². The molecular formula is C11H18N2O2S. The molecule has 16 heavy (non-hydrogen) atoms. The SMILES string of the molecule is CC(C)C(C)Cn1ccnc1SCC(=O)O. The maximum Gasteiger partial charge on any atom is 0.313 e. The third-order valence-corrected chi connectivity index (χ3v) is 3.61. The van der Waals surface area contributed by atoms with Gasteiger partial charge in [0, 0.05) is 18.9 Å². The van der Waals surface area contributed by atoms with Crippen LogP contribution in [-0.2, 0) is 11.3 Å². The maximum atomic E-state index is 10.5. The van der Waals surface area contributed by atoms with Crippen molar-refractivity contribution in [2.75, 3.05) is 5.75 Å². The molecule has 1 N–H and O–H groups in total. The first kappa shape index (κ1) is 13.1. The zero-order valence-electron chi connectivity index (χ0n) is 9.88. The summed E-state index contributed by atoms with van der Waals surface area (Å²) in [4.78, 5) is 14.6. The molecule has 0 saturated carbocycles. The summed E-state index contributed by atoms with van der Waals surface area (Å²) in [6.45, 7) is 7.45. The van der Waals surface area contributed by atoms with Gasteiger partial charge >= 0.3 is 5.97 Å². The second-order valence-electron chi connectivity index (χ2n) is 4.27. The minimum Gasteiger partial charge on any atom is -0.481 e. The number of carboxylic acid groups (broad SMARTS) is 1. The van der Waals surface area contributed by atoms with Crippen molar-refractivity contribution in [2.24, 2.45) is 11.8 Å². The fourth-order valence-corrected chi connectivity index (χ4v) is 1.91. The summed E-state index contributed by atoms with van der Waals surface area (Å²) in [6, 6.07) is 0. The molecule has 0 amide bonds. The summed E-state index contributed by atoms with van der Waals surface area (Å²) in [6.07, 6.45) is 3.63. The van der Waals surface area contributed by atoms with Crippen LogP contribution in [-0.4, -0.2) is 26.4 Å². The highest BCUT2D eigenvalue weighted by Gasteiger charge is 2.11. The molecule has 1 heterocycles. The van der Waals surface area contributed by atoms with E-state index >= 15 is 0 Å². The minimum atomic E-state index is -0.809. The molecule has 4 nitrogen and oxygen atoms in total. The lowest BCUT2D eigenvalue weighted by Crippen LogP contribution is -2.13. The van der Waals surface area contributed by atoms with Crippen molar-refractivity contribution in [3.05, 3.63) is 12.4 Å². The fourth-order valence-electron chi connectivity index (χ4n) is 1.22. The van der Waals surface area contributed by atoms with Crippen molar-refractivity contribution < 1.29 is 9.90 Å². The molecule has 0 spiro atoms. The van der Waals surface area contributed by atoms with E-state index in [4.69, 9.17) is 5.11 Å². The molecule has 0 fully saturated rings. The van der Waals surface area contributed by atoms with Crippen LogP contribution in [0.3, 0.4) is 0 Å². The first-order valence-electron chi connectivity index (χ1n) is 5.36. The number of hydrogen-bond acceptors (Lipinski definition) is 3. The highest BCUT2D eigenvalue weighted by molar-refractivity contribution is 7.99. The molecule has 0 aliphatic rings. The second-order valence-corrected chi connectivity index (χ2v) is 5.21. The molecule has 90 valence electrons. The summed E-state index contributed by atoms with van der Waals surface area (Å²) < 4.78 is 2.03. The molecule has 0 bridgehead atoms. The number of carbonyl (C=O) groups is 1. The van der Waals surface area contributed by atoms with Crippen LogP contribution in [0.5, 0.6) is 0 Å². The van der Waals surface area contributed by atoms with Gasteiger partial charge in [0.2, 0.25) is 0 Å². The minimum absolute atomic E-state index is 0.0626. The number of aromatic nitrogens is 2. The average Bonchev–Trinajstić information content (AvgIpc) is 2.62. The molecule has 5 heteroatoms. The van der Waals surface area contributed by atoms with Crippen LogP contribution in [0, 0.1) is 11.8 Å². The molecular weight excluding hydrogens is 224 g/mol. The zero-order chi connectivity index (χ0) is 12.1. The molecule has 0 aliphatic carbocycles. The van der Waals surface area contributed by atoms with Crippen LogP contribution in [0.25, 0.3) is 0 Å². The Balaban J connectivity index is 2.59. The van der Waals surface area contributed by atoms with Gasteiger partial charge in [-0.2, -0.15) is 0 Å². The predicted octanol–water partition coefficient (Wildman–Crippen LogP) is 2.35. The van der Waals surface area contributed by atoms with E-state index in [9.17, 15) is 4.79 Å². The monoisotopic (exact) mass is 242 g/mol. The Morgan fingerprint density at radius 2 is 2.25 bits per heavy atom. The molecule has 1 rings (SSSR count). The van der Waals surface area contributed by atoms with E-state index in [2.05, 4.69) is 25.8 Å². The van der Waals surface area contributed by atoms with Gasteiger partial charge in [0.05, 0.1) is 5.75 Å². The lowest BCUT2D eigenvalue weighted by molar-refractivity contribution is -0.133. The fraction of sp³-hybridized carbons (Fsp3) is 0.636. The van der Waals surface area contributed by atoms with Crippen molar-refractivity contribution in [2.45, 2.75) is 32.5 Å². The van der Waals surface area contributed by atoms with Gasteiger partial charge in [-0.1, -0.05) is 32.5 Å². The van der Waals surface area contributed by atoms with Crippen LogP contribution < -0.4 is 0 Å². The van der Waals surface area contributed by atoms with Crippen LogP contribution >= 0.6 is 11.8 Å². The Kier molecular flexibility index (Phi) is 4.86. The van der Waals surface area contributed by atoms with Gasteiger partial charge in [0.25, 0.3) is 0 Å². The first-order chi connectivity index (χ1) is 7.50. The first-order valence-corrected chi connectivity index (χ1v) is 6.35. The van der Waals surface area contributed by atoms with Crippen LogP contribution in [0.2, 0.25) is 0 Å². The highest BCUT2D eigenvalue weighted by atomic mass is 32.2. The van der Waals surface area contributed by atoms with Gasteiger partial charge in [0.1, 0.15) is 0 Å². The van der Waals surface area contributed by atoms with E-state index in [1.165, 1.54) is 11.8 Å². The lowest BCUT2D eigenvalue weighted by atomic mass is 9.98. The van der Waals surface area contributed by atoms with E-state index in [-0.39, 0.29) is 5.75 Å². The van der Waals surface area contributed by atoms with Crippen molar-refractivity contribution in [3.63, 3.8) is 0 Å². The third-order valence-electron chi connectivity index (χ3n) is 2.62. The molecule has 1 aromatic heterocycles. The molecule has 0 aliphatic heterocycles.